The monoisotopic (exact) mass is 188 g/mol. The lowest BCUT2D eigenvalue weighted by atomic mass is 10.1. The molecule has 0 amide bonds. The maximum atomic E-state index is 5.90. The minimum atomic E-state index is 0.166. The van der Waals surface area contributed by atoms with Crippen LogP contribution in [0.1, 0.15) is 33.6 Å². The van der Waals surface area contributed by atoms with Crippen LogP contribution >= 0.6 is 0 Å². The van der Waals surface area contributed by atoms with Gasteiger partial charge in [0.1, 0.15) is 0 Å². The maximum Gasteiger partial charge on any atom is 0.0462 e. The van der Waals surface area contributed by atoms with Crippen LogP contribution in [0.2, 0.25) is 0 Å². The van der Waals surface area contributed by atoms with Gasteiger partial charge < -0.3 is 15.8 Å². The van der Waals surface area contributed by atoms with Crippen molar-refractivity contribution < 1.29 is 4.74 Å². The fraction of sp³-hybridized carbons (Fsp3) is 1.00. The van der Waals surface area contributed by atoms with Crippen LogP contribution < -0.4 is 11.1 Å². The zero-order valence-electron chi connectivity index (χ0n) is 9.39. The molecule has 0 spiro atoms. The molecule has 1 unspecified atom stereocenters. The van der Waals surface area contributed by atoms with Crippen molar-refractivity contribution >= 4 is 0 Å². The van der Waals surface area contributed by atoms with E-state index >= 15 is 0 Å². The first-order valence-corrected chi connectivity index (χ1v) is 4.95. The number of methoxy groups -OCH3 is 1. The van der Waals surface area contributed by atoms with Crippen molar-refractivity contribution in [1.29, 1.82) is 0 Å². The molecule has 0 fully saturated rings. The second-order valence-corrected chi connectivity index (χ2v) is 4.53. The van der Waals surface area contributed by atoms with E-state index in [9.17, 15) is 0 Å². The maximum absolute atomic E-state index is 5.90. The lowest BCUT2D eigenvalue weighted by Crippen LogP contribution is -2.43. The van der Waals surface area contributed by atoms with Gasteiger partial charge in [-0.3, -0.25) is 0 Å². The van der Waals surface area contributed by atoms with E-state index in [1.165, 1.54) is 0 Å². The standard InChI is InChI=1S/C10H24N2O/c1-10(2,3)12-8-9(11)6-5-7-13-4/h9,12H,5-8,11H2,1-4H3. The largest absolute Gasteiger partial charge is 0.385 e. The number of ether oxygens (including phenoxy) is 1. The molecule has 0 aromatic heterocycles. The molecule has 3 N–H and O–H groups in total. The zero-order chi connectivity index (χ0) is 10.3. The molecule has 13 heavy (non-hydrogen) atoms. The molecule has 0 aromatic carbocycles. The molecule has 1 atom stereocenters. The summed E-state index contributed by atoms with van der Waals surface area (Å²) in [6, 6.07) is 0.245. The predicted molar refractivity (Wildman–Crippen MR) is 56.8 cm³/mol. The van der Waals surface area contributed by atoms with E-state index in [1.54, 1.807) is 7.11 Å². The van der Waals surface area contributed by atoms with E-state index in [-0.39, 0.29) is 11.6 Å². The molecule has 0 aliphatic heterocycles. The highest BCUT2D eigenvalue weighted by Gasteiger charge is 2.10. The van der Waals surface area contributed by atoms with Crippen LogP contribution in [0.25, 0.3) is 0 Å². The zero-order valence-corrected chi connectivity index (χ0v) is 9.39. The van der Waals surface area contributed by atoms with Gasteiger partial charge in [-0.25, -0.2) is 0 Å². The van der Waals surface area contributed by atoms with Crippen LogP contribution in [0.4, 0.5) is 0 Å². The third-order valence-electron chi connectivity index (χ3n) is 1.82. The minimum Gasteiger partial charge on any atom is -0.385 e. The Balaban J connectivity index is 3.35. The summed E-state index contributed by atoms with van der Waals surface area (Å²) in [6.07, 6.45) is 2.07. The molecule has 0 aliphatic rings. The summed E-state index contributed by atoms with van der Waals surface area (Å²) in [5.41, 5.74) is 6.07. The minimum absolute atomic E-state index is 0.166. The highest BCUT2D eigenvalue weighted by Crippen LogP contribution is 2.00. The molecule has 0 radical (unpaired) electrons. The van der Waals surface area contributed by atoms with Crippen LogP contribution in [0.15, 0.2) is 0 Å². The van der Waals surface area contributed by atoms with Crippen LogP contribution in [-0.4, -0.2) is 31.8 Å². The average Bonchev–Trinajstić information content (AvgIpc) is 2.00. The van der Waals surface area contributed by atoms with Gasteiger partial charge in [0.05, 0.1) is 0 Å². The Morgan fingerprint density at radius 3 is 2.46 bits per heavy atom. The highest BCUT2D eigenvalue weighted by molar-refractivity contribution is 4.74. The van der Waals surface area contributed by atoms with Gasteiger partial charge in [0, 0.05) is 31.8 Å². The molecule has 0 saturated heterocycles. The first-order chi connectivity index (χ1) is 5.95. The summed E-state index contributed by atoms with van der Waals surface area (Å²) in [4.78, 5) is 0. The Hall–Kier alpha value is -0.120. The summed E-state index contributed by atoms with van der Waals surface area (Å²) >= 11 is 0. The first-order valence-electron chi connectivity index (χ1n) is 4.95. The van der Waals surface area contributed by atoms with E-state index in [0.29, 0.717) is 0 Å². The number of hydrogen-bond donors (Lipinski definition) is 2. The molecule has 0 bridgehead atoms. The van der Waals surface area contributed by atoms with Crippen LogP contribution in [0.3, 0.4) is 0 Å². The van der Waals surface area contributed by atoms with E-state index in [1.807, 2.05) is 0 Å². The predicted octanol–water partition coefficient (Wildman–Crippen LogP) is 1.13. The molecule has 0 rings (SSSR count). The molecule has 0 saturated carbocycles. The Kier molecular flexibility index (Phi) is 6.29. The lowest BCUT2D eigenvalue weighted by Gasteiger charge is -2.23. The summed E-state index contributed by atoms with van der Waals surface area (Å²) in [5, 5.41) is 3.38. The lowest BCUT2D eigenvalue weighted by molar-refractivity contribution is 0.190. The molecule has 3 nitrogen and oxygen atoms in total. The molecular formula is C10H24N2O. The number of rotatable bonds is 6. The second kappa shape index (κ2) is 6.35. The highest BCUT2D eigenvalue weighted by atomic mass is 16.5. The third kappa shape index (κ3) is 9.80. The molecule has 0 heterocycles. The first kappa shape index (κ1) is 12.9. The third-order valence-corrected chi connectivity index (χ3v) is 1.82. The fourth-order valence-electron chi connectivity index (χ4n) is 1.03. The molecule has 3 heteroatoms. The smallest absolute Gasteiger partial charge is 0.0462 e. The summed E-state index contributed by atoms with van der Waals surface area (Å²) in [5.74, 6) is 0. The van der Waals surface area contributed by atoms with Crippen molar-refractivity contribution in [3.8, 4) is 0 Å². The molecular weight excluding hydrogens is 164 g/mol. The number of hydrogen-bond acceptors (Lipinski definition) is 3. The van der Waals surface area contributed by atoms with Crippen molar-refractivity contribution in [1.82, 2.24) is 5.32 Å². The Labute approximate surface area is 82.0 Å². The van der Waals surface area contributed by atoms with E-state index < -0.39 is 0 Å². The van der Waals surface area contributed by atoms with Gasteiger partial charge in [0.25, 0.3) is 0 Å². The van der Waals surface area contributed by atoms with E-state index in [4.69, 9.17) is 10.5 Å². The van der Waals surface area contributed by atoms with Gasteiger partial charge in [-0.05, 0) is 33.6 Å². The van der Waals surface area contributed by atoms with Crippen molar-refractivity contribution in [3.63, 3.8) is 0 Å². The molecule has 0 aromatic rings. The second-order valence-electron chi connectivity index (χ2n) is 4.53. The van der Waals surface area contributed by atoms with Gasteiger partial charge in [-0.15, -0.1) is 0 Å². The van der Waals surface area contributed by atoms with E-state index in [2.05, 4.69) is 26.1 Å². The summed E-state index contributed by atoms with van der Waals surface area (Å²) in [6.45, 7) is 8.13. The van der Waals surface area contributed by atoms with Crippen molar-refractivity contribution in [2.75, 3.05) is 20.3 Å². The Morgan fingerprint density at radius 1 is 1.38 bits per heavy atom. The number of nitrogens with one attached hydrogen (secondary N) is 1. The Morgan fingerprint density at radius 2 is 2.00 bits per heavy atom. The van der Waals surface area contributed by atoms with Crippen molar-refractivity contribution in [2.45, 2.75) is 45.2 Å². The SMILES string of the molecule is COCCCC(N)CNC(C)(C)C. The van der Waals surface area contributed by atoms with E-state index in [0.717, 1.165) is 26.0 Å². The number of nitrogens with two attached hydrogens (primary N) is 1. The van der Waals surface area contributed by atoms with Crippen LogP contribution in [0, 0.1) is 0 Å². The quantitative estimate of drug-likeness (QED) is 0.614. The average molecular weight is 188 g/mol. The topological polar surface area (TPSA) is 47.3 Å². The fourth-order valence-corrected chi connectivity index (χ4v) is 1.03. The molecule has 0 aliphatic carbocycles. The summed E-state index contributed by atoms with van der Waals surface area (Å²) < 4.78 is 4.96. The van der Waals surface area contributed by atoms with Crippen LogP contribution in [-0.2, 0) is 4.74 Å². The normalized spacial score (nSPS) is 14.5. The summed E-state index contributed by atoms with van der Waals surface area (Å²) in [7, 11) is 1.72. The molecule has 80 valence electrons. The van der Waals surface area contributed by atoms with Crippen molar-refractivity contribution in [2.24, 2.45) is 5.73 Å². The van der Waals surface area contributed by atoms with Gasteiger partial charge >= 0.3 is 0 Å². The van der Waals surface area contributed by atoms with Gasteiger partial charge in [0.15, 0.2) is 0 Å². The Bertz CT molecular complexity index is 121. The van der Waals surface area contributed by atoms with Crippen LogP contribution in [0.5, 0.6) is 0 Å². The van der Waals surface area contributed by atoms with Crippen molar-refractivity contribution in [3.05, 3.63) is 0 Å². The van der Waals surface area contributed by atoms with Gasteiger partial charge in [-0.1, -0.05) is 0 Å². The van der Waals surface area contributed by atoms with Gasteiger partial charge in [-0.2, -0.15) is 0 Å². The van der Waals surface area contributed by atoms with Gasteiger partial charge in [0.2, 0.25) is 0 Å².